The molecule has 188 valence electrons. The standard InChI is InChI=1S/C26H27ClFN5O3/c1-24(2)12-26(18-17(29-23(35)36-26)11-10-16(27)19(18)28)14-33(13-24)21(34)20-30-22(32-31-20)25(3,4)15-8-6-5-7-9-15/h5-11H,12-14H2,1-4H3,(H,29,35)(H,30,31,32)/t26-/m0/s1. The van der Waals surface area contributed by atoms with E-state index in [1.54, 1.807) is 6.07 Å². The van der Waals surface area contributed by atoms with Crippen LogP contribution in [0, 0.1) is 11.2 Å². The highest BCUT2D eigenvalue weighted by molar-refractivity contribution is 6.31. The van der Waals surface area contributed by atoms with E-state index < -0.39 is 34.2 Å². The highest BCUT2D eigenvalue weighted by Crippen LogP contribution is 2.49. The van der Waals surface area contributed by atoms with Gasteiger partial charge >= 0.3 is 6.09 Å². The van der Waals surface area contributed by atoms with Gasteiger partial charge in [0.25, 0.3) is 5.91 Å². The zero-order chi connectivity index (χ0) is 25.9. The van der Waals surface area contributed by atoms with Gasteiger partial charge in [0.15, 0.2) is 11.4 Å². The molecule has 0 radical (unpaired) electrons. The zero-order valence-corrected chi connectivity index (χ0v) is 21.2. The van der Waals surface area contributed by atoms with Crippen LogP contribution in [0.1, 0.15) is 61.7 Å². The molecule has 2 N–H and O–H groups in total. The van der Waals surface area contributed by atoms with Gasteiger partial charge < -0.3 is 9.64 Å². The summed E-state index contributed by atoms with van der Waals surface area (Å²) >= 11 is 6.10. The molecule has 1 spiro atoms. The molecule has 3 heterocycles. The number of amides is 2. The van der Waals surface area contributed by atoms with E-state index in [0.29, 0.717) is 18.8 Å². The Morgan fingerprint density at radius 2 is 1.89 bits per heavy atom. The second kappa shape index (κ2) is 8.30. The summed E-state index contributed by atoms with van der Waals surface area (Å²) in [6.45, 7) is 8.16. The molecule has 1 atom stereocenters. The largest absolute Gasteiger partial charge is 0.436 e. The number of likely N-dealkylation sites (tertiary alicyclic amines) is 1. The topological polar surface area (TPSA) is 100 Å². The van der Waals surface area contributed by atoms with Crippen molar-refractivity contribution in [3.8, 4) is 0 Å². The molecular weight excluding hydrogens is 485 g/mol. The molecule has 1 aromatic heterocycles. The second-order valence-electron chi connectivity index (χ2n) is 10.8. The van der Waals surface area contributed by atoms with Crippen molar-refractivity contribution >= 4 is 29.3 Å². The average Bonchev–Trinajstić information content (AvgIpc) is 3.31. The van der Waals surface area contributed by atoms with Crippen LogP contribution in [0.2, 0.25) is 5.02 Å². The van der Waals surface area contributed by atoms with Gasteiger partial charge in [0.1, 0.15) is 5.82 Å². The van der Waals surface area contributed by atoms with Gasteiger partial charge in [0, 0.05) is 18.4 Å². The summed E-state index contributed by atoms with van der Waals surface area (Å²) in [6.07, 6.45) is -0.402. The molecule has 2 aromatic carbocycles. The minimum Gasteiger partial charge on any atom is -0.436 e. The third-order valence-corrected chi connectivity index (χ3v) is 7.25. The van der Waals surface area contributed by atoms with Crippen molar-refractivity contribution in [1.82, 2.24) is 20.1 Å². The molecule has 1 saturated heterocycles. The fourth-order valence-electron chi connectivity index (χ4n) is 5.38. The van der Waals surface area contributed by atoms with Crippen LogP contribution in [0.3, 0.4) is 0 Å². The Bertz CT molecular complexity index is 1360. The number of piperidine rings is 1. The fraction of sp³-hybridized carbons (Fsp3) is 0.385. The number of carbonyl (C=O) groups is 2. The Balaban J connectivity index is 1.51. The maximum Gasteiger partial charge on any atom is 0.412 e. The summed E-state index contributed by atoms with van der Waals surface area (Å²) in [4.78, 5) is 32.2. The Hall–Kier alpha value is -3.46. The molecule has 0 unspecified atom stereocenters. The molecule has 0 saturated carbocycles. The van der Waals surface area contributed by atoms with E-state index in [4.69, 9.17) is 16.3 Å². The number of nitrogens with one attached hydrogen (secondary N) is 2. The fourth-order valence-corrected chi connectivity index (χ4v) is 5.54. The lowest BCUT2D eigenvalue weighted by molar-refractivity contribution is -0.0796. The van der Waals surface area contributed by atoms with Gasteiger partial charge in [0.05, 0.1) is 22.8 Å². The normalized spacial score (nSPS) is 21.1. The van der Waals surface area contributed by atoms with Crippen LogP contribution >= 0.6 is 11.6 Å². The van der Waals surface area contributed by atoms with E-state index in [1.807, 2.05) is 58.0 Å². The number of H-pyrrole nitrogens is 1. The van der Waals surface area contributed by atoms with E-state index in [2.05, 4.69) is 20.5 Å². The molecular formula is C26H27ClFN5O3. The summed E-state index contributed by atoms with van der Waals surface area (Å²) in [5.74, 6) is -0.579. The van der Waals surface area contributed by atoms with E-state index in [9.17, 15) is 9.59 Å². The maximum atomic E-state index is 15.3. The molecule has 3 aromatic rings. The van der Waals surface area contributed by atoms with Gasteiger partial charge in [-0.2, -0.15) is 0 Å². The Kier molecular flexibility index (Phi) is 5.59. The number of aromatic nitrogens is 3. The first-order valence-corrected chi connectivity index (χ1v) is 12.1. The number of anilines is 1. The van der Waals surface area contributed by atoms with Crippen molar-refractivity contribution in [3.05, 3.63) is 76.1 Å². The van der Waals surface area contributed by atoms with Crippen molar-refractivity contribution in [3.63, 3.8) is 0 Å². The molecule has 0 bridgehead atoms. The van der Waals surface area contributed by atoms with Crippen molar-refractivity contribution in [2.24, 2.45) is 5.41 Å². The minimum absolute atomic E-state index is 0.00564. The Morgan fingerprint density at radius 3 is 2.61 bits per heavy atom. The number of aromatic amines is 1. The third kappa shape index (κ3) is 4.01. The number of nitrogens with zero attached hydrogens (tertiary/aromatic N) is 3. The lowest BCUT2D eigenvalue weighted by atomic mass is 9.72. The van der Waals surface area contributed by atoms with Crippen LogP contribution in [0.5, 0.6) is 0 Å². The average molecular weight is 512 g/mol. The molecule has 2 amide bonds. The van der Waals surface area contributed by atoms with E-state index >= 15 is 4.39 Å². The summed E-state index contributed by atoms with van der Waals surface area (Å²) in [5.41, 5.74) is -1.00. The number of hydrogen-bond donors (Lipinski definition) is 2. The number of benzene rings is 2. The number of rotatable bonds is 3. The first kappa shape index (κ1) is 24.2. The number of ether oxygens (including phenoxy) is 1. The Labute approximate surface area is 213 Å². The lowest BCUT2D eigenvalue weighted by Crippen LogP contribution is -2.58. The van der Waals surface area contributed by atoms with Gasteiger partial charge in [-0.1, -0.05) is 55.8 Å². The summed E-state index contributed by atoms with van der Waals surface area (Å²) in [5, 5.41) is 9.58. The molecule has 10 heteroatoms. The van der Waals surface area contributed by atoms with Gasteiger partial charge in [-0.05, 0) is 37.0 Å². The van der Waals surface area contributed by atoms with Crippen molar-refractivity contribution in [2.75, 3.05) is 18.4 Å². The first-order chi connectivity index (χ1) is 16.9. The maximum absolute atomic E-state index is 15.3. The molecule has 8 nitrogen and oxygen atoms in total. The minimum atomic E-state index is -1.41. The predicted octanol–water partition coefficient (Wildman–Crippen LogP) is 5.25. The lowest BCUT2D eigenvalue weighted by Gasteiger charge is -2.50. The first-order valence-electron chi connectivity index (χ1n) is 11.7. The van der Waals surface area contributed by atoms with Crippen LogP contribution in [0.15, 0.2) is 42.5 Å². The molecule has 2 aliphatic rings. The highest BCUT2D eigenvalue weighted by atomic mass is 35.5. The number of carbonyl (C=O) groups excluding carboxylic acids is 2. The predicted molar refractivity (Wildman–Crippen MR) is 132 cm³/mol. The zero-order valence-electron chi connectivity index (χ0n) is 20.5. The van der Waals surface area contributed by atoms with Crippen LogP contribution in [0.4, 0.5) is 14.9 Å². The van der Waals surface area contributed by atoms with Crippen LogP contribution in [-0.2, 0) is 15.8 Å². The molecule has 0 aliphatic carbocycles. The van der Waals surface area contributed by atoms with Gasteiger partial charge in [-0.3, -0.25) is 15.2 Å². The Morgan fingerprint density at radius 1 is 1.17 bits per heavy atom. The van der Waals surface area contributed by atoms with E-state index in [-0.39, 0.29) is 28.6 Å². The second-order valence-corrected chi connectivity index (χ2v) is 11.2. The summed E-state index contributed by atoms with van der Waals surface area (Å²) in [6, 6.07) is 12.7. The monoisotopic (exact) mass is 511 g/mol. The van der Waals surface area contributed by atoms with Crippen molar-refractivity contribution in [2.45, 2.75) is 45.1 Å². The van der Waals surface area contributed by atoms with Crippen LogP contribution in [0.25, 0.3) is 0 Å². The molecule has 2 aliphatic heterocycles. The molecule has 5 rings (SSSR count). The molecule has 1 fully saturated rings. The number of halogens is 2. The van der Waals surface area contributed by atoms with Gasteiger partial charge in [0.2, 0.25) is 5.82 Å². The third-order valence-electron chi connectivity index (χ3n) is 6.96. The highest BCUT2D eigenvalue weighted by Gasteiger charge is 2.53. The van der Waals surface area contributed by atoms with Crippen LogP contribution in [-0.4, -0.2) is 45.2 Å². The summed E-state index contributed by atoms with van der Waals surface area (Å²) in [7, 11) is 0. The van der Waals surface area contributed by atoms with Crippen LogP contribution < -0.4 is 5.32 Å². The van der Waals surface area contributed by atoms with E-state index in [0.717, 1.165) is 5.56 Å². The van der Waals surface area contributed by atoms with Gasteiger partial charge in [-0.25, -0.2) is 14.2 Å². The van der Waals surface area contributed by atoms with Crippen molar-refractivity contribution in [1.29, 1.82) is 0 Å². The van der Waals surface area contributed by atoms with Crippen molar-refractivity contribution < 1.29 is 18.7 Å². The quantitative estimate of drug-likeness (QED) is 0.500. The summed E-state index contributed by atoms with van der Waals surface area (Å²) < 4.78 is 21.1. The smallest absolute Gasteiger partial charge is 0.412 e. The number of fused-ring (bicyclic) bond motifs is 2. The van der Waals surface area contributed by atoms with E-state index in [1.165, 1.54) is 11.0 Å². The number of hydrogen-bond acceptors (Lipinski definition) is 5. The SMILES string of the molecule is CC1(C)CN(C(=O)c2n[nH]c(C(C)(C)c3ccccc3)n2)C[C@]2(C1)OC(=O)Nc1ccc(Cl)c(F)c12. The molecule has 36 heavy (non-hydrogen) atoms. The van der Waals surface area contributed by atoms with Gasteiger partial charge in [-0.15, -0.1) is 5.10 Å².